The van der Waals surface area contributed by atoms with Crippen LogP contribution in [0.4, 0.5) is 18.9 Å². The number of carboxylic acids is 2. The van der Waals surface area contributed by atoms with E-state index in [0.29, 0.717) is 12.2 Å². The van der Waals surface area contributed by atoms with Gasteiger partial charge in [0.05, 0.1) is 11.9 Å². The molecule has 0 aliphatic rings. The van der Waals surface area contributed by atoms with Crippen molar-refractivity contribution in [1.82, 2.24) is 14.8 Å². The van der Waals surface area contributed by atoms with Gasteiger partial charge >= 0.3 is 18.1 Å². The number of hydrogen-bond acceptors (Lipinski definition) is 6. The molecule has 0 aliphatic heterocycles. The largest absolute Gasteiger partial charge is 0.490 e. The van der Waals surface area contributed by atoms with E-state index in [4.69, 9.17) is 9.90 Å². The molecule has 33 heavy (non-hydrogen) atoms. The lowest BCUT2D eigenvalue weighted by Crippen LogP contribution is -2.45. The fourth-order valence-electron chi connectivity index (χ4n) is 2.35. The normalized spacial score (nSPS) is 12.2. The summed E-state index contributed by atoms with van der Waals surface area (Å²) in [6, 6.07) is 2.07. The molecule has 0 aromatic carbocycles. The van der Waals surface area contributed by atoms with E-state index < -0.39 is 30.1 Å². The van der Waals surface area contributed by atoms with Crippen molar-refractivity contribution in [2.45, 2.75) is 26.1 Å². The highest BCUT2D eigenvalue weighted by Crippen LogP contribution is 2.14. The molecule has 1 unspecified atom stereocenters. The molecule has 2 amide bonds. The number of halogens is 3. The van der Waals surface area contributed by atoms with Gasteiger partial charge in [0.15, 0.2) is 0 Å². The number of carbonyl (C=O) groups is 4. The van der Waals surface area contributed by atoms with Crippen LogP contribution in [0.25, 0.3) is 0 Å². The summed E-state index contributed by atoms with van der Waals surface area (Å²) in [5.41, 5.74) is 0.558. The van der Waals surface area contributed by atoms with Crippen LogP contribution in [-0.4, -0.2) is 88.7 Å². The molecule has 1 aromatic rings. The Hall–Kier alpha value is -3.48. The molecule has 0 saturated carbocycles. The molecule has 0 radical (unpaired) electrons. The predicted molar refractivity (Wildman–Crippen MR) is 113 cm³/mol. The van der Waals surface area contributed by atoms with E-state index in [2.05, 4.69) is 10.3 Å². The molecule has 1 heterocycles. The molecular weight excluding hydrogens is 449 g/mol. The number of aliphatic carboxylic acids is 2. The van der Waals surface area contributed by atoms with Crippen LogP contribution >= 0.6 is 0 Å². The van der Waals surface area contributed by atoms with Gasteiger partial charge in [-0.3, -0.25) is 9.59 Å². The van der Waals surface area contributed by atoms with Crippen molar-refractivity contribution in [1.29, 1.82) is 0 Å². The second-order valence-electron chi connectivity index (χ2n) is 7.33. The van der Waals surface area contributed by atoms with Crippen LogP contribution in [-0.2, 0) is 14.4 Å². The maximum absolute atomic E-state index is 12.4. The van der Waals surface area contributed by atoms with E-state index in [1.807, 2.05) is 19.0 Å². The fourth-order valence-corrected chi connectivity index (χ4v) is 2.35. The molecule has 0 spiro atoms. The highest BCUT2D eigenvalue weighted by Gasteiger charge is 2.38. The predicted octanol–water partition coefficient (Wildman–Crippen LogP) is 1.95. The zero-order valence-corrected chi connectivity index (χ0v) is 18.8. The van der Waals surface area contributed by atoms with Gasteiger partial charge in [0, 0.05) is 19.7 Å². The summed E-state index contributed by atoms with van der Waals surface area (Å²) in [5.74, 6) is -4.85. The van der Waals surface area contributed by atoms with Crippen LogP contribution in [0.5, 0.6) is 0 Å². The molecule has 1 atom stereocenters. The molecule has 1 aromatic heterocycles. The maximum atomic E-state index is 12.4. The van der Waals surface area contributed by atoms with Crippen LogP contribution in [0.2, 0.25) is 0 Å². The van der Waals surface area contributed by atoms with Crippen LogP contribution in [0.1, 0.15) is 24.3 Å². The zero-order valence-electron chi connectivity index (χ0n) is 18.8. The first-order valence-corrected chi connectivity index (χ1v) is 9.46. The summed E-state index contributed by atoms with van der Waals surface area (Å²) in [4.78, 5) is 51.6. The minimum atomic E-state index is -5.08. The number of rotatable bonds is 8. The van der Waals surface area contributed by atoms with E-state index in [1.54, 1.807) is 26.0 Å². The first kappa shape index (κ1) is 29.5. The van der Waals surface area contributed by atoms with Gasteiger partial charge in [-0.2, -0.15) is 13.2 Å². The maximum Gasteiger partial charge on any atom is 0.490 e. The average molecular weight is 476 g/mol. The molecular formula is C20H27F3N4O6. The lowest BCUT2D eigenvalue weighted by atomic mass is 10.0. The number of hydrogen-bond donors (Lipinski definition) is 3. The Balaban J connectivity index is 0.00000126. The first-order chi connectivity index (χ1) is 15.1. The molecule has 10 nitrogen and oxygen atoms in total. The summed E-state index contributed by atoms with van der Waals surface area (Å²) in [6.45, 7) is 4.11. The quantitative estimate of drug-likeness (QED) is 0.484. The molecule has 1 rings (SSSR count). The number of aromatic nitrogens is 1. The van der Waals surface area contributed by atoms with Crippen LogP contribution < -0.4 is 5.32 Å². The topological polar surface area (TPSA) is 140 Å². The Bertz CT molecular complexity index is 854. The lowest BCUT2D eigenvalue weighted by Gasteiger charge is -2.27. The average Bonchev–Trinajstić information content (AvgIpc) is 2.66. The zero-order chi connectivity index (χ0) is 25.9. The van der Waals surface area contributed by atoms with Gasteiger partial charge in [0.25, 0.3) is 5.91 Å². The summed E-state index contributed by atoms with van der Waals surface area (Å²) < 4.78 is 31.7. The number of nitrogens with one attached hydrogen (secondary N) is 1. The fraction of sp³-hybridized carbons (Fsp3) is 0.450. The number of carbonyl (C=O) groups excluding carboxylic acids is 2. The Morgan fingerprint density at radius 3 is 2.03 bits per heavy atom. The number of amides is 2. The monoisotopic (exact) mass is 476 g/mol. The first-order valence-electron chi connectivity index (χ1n) is 9.46. The molecule has 0 bridgehead atoms. The van der Waals surface area contributed by atoms with Gasteiger partial charge in [-0.05, 0) is 32.1 Å². The minimum Gasteiger partial charge on any atom is -0.480 e. The Kier molecular flexibility index (Phi) is 11.8. The van der Waals surface area contributed by atoms with Crippen molar-refractivity contribution in [2.24, 2.45) is 5.92 Å². The van der Waals surface area contributed by atoms with E-state index in [-0.39, 0.29) is 17.5 Å². The van der Waals surface area contributed by atoms with E-state index in [9.17, 15) is 32.7 Å². The third-order valence-corrected chi connectivity index (χ3v) is 3.85. The number of likely N-dealkylation sites (N-methyl/N-ethyl adjacent to an activating group) is 2. The number of pyridine rings is 1. The lowest BCUT2D eigenvalue weighted by molar-refractivity contribution is -0.192. The van der Waals surface area contributed by atoms with E-state index in [1.165, 1.54) is 25.4 Å². The minimum absolute atomic E-state index is 0.112. The SMILES string of the molecule is CC(C)C(C(=O)O)N(C)C(=O)c1ccc(NC(=O)/C=C/CN(C)C)cn1.O=C(O)C(F)(F)F. The van der Waals surface area contributed by atoms with Crippen LogP contribution in [0, 0.1) is 5.92 Å². The van der Waals surface area contributed by atoms with E-state index >= 15 is 0 Å². The highest BCUT2D eigenvalue weighted by atomic mass is 19.4. The molecule has 0 saturated heterocycles. The van der Waals surface area contributed by atoms with Gasteiger partial charge in [0.2, 0.25) is 5.91 Å². The number of alkyl halides is 3. The van der Waals surface area contributed by atoms with Gasteiger partial charge in [0.1, 0.15) is 11.7 Å². The van der Waals surface area contributed by atoms with Gasteiger partial charge in [-0.1, -0.05) is 19.9 Å². The van der Waals surface area contributed by atoms with Crippen LogP contribution in [0.3, 0.4) is 0 Å². The summed E-state index contributed by atoms with van der Waals surface area (Å²) >= 11 is 0. The van der Waals surface area contributed by atoms with Crippen molar-refractivity contribution in [2.75, 3.05) is 33.0 Å². The standard InChI is InChI=1S/C18H26N4O4.C2HF3O2/c1-12(2)16(18(25)26)22(5)17(24)14-9-8-13(11-19-14)20-15(23)7-6-10-21(3)4;3-2(4,5)1(6)7/h6-9,11-12,16H,10H2,1-5H3,(H,20,23)(H,25,26);(H,6,7)/b7-6+;. The van der Waals surface area contributed by atoms with E-state index in [0.717, 1.165) is 4.90 Å². The third kappa shape index (κ3) is 11.1. The Morgan fingerprint density at radius 1 is 1.12 bits per heavy atom. The smallest absolute Gasteiger partial charge is 0.480 e. The summed E-state index contributed by atoms with van der Waals surface area (Å²) in [5, 5.41) is 19.1. The van der Waals surface area contributed by atoms with Crippen molar-refractivity contribution in [3.05, 3.63) is 36.2 Å². The molecule has 184 valence electrons. The van der Waals surface area contributed by atoms with Crippen molar-refractivity contribution >= 4 is 29.4 Å². The Morgan fingerprint density at radius 2 is 1.67 bits per heavy atom. The second kappa shape index (κ2) is 13.2. The number of carboxylic acid groups (broad SMARTS) is 2. The van der Waals surface area contributed by atoms with Crippen LogP contribution in [0.15, 0.2) is 30.5 Å². The highest BCUT2D eigenvalue weighted by molar-refractivity contribution is 5.99. The van der Waals surface area contributed by atoms with Gasteiger partial charge < -0.3 is 25.3 Å². The van der Waals surface area contributed by atoms with Gasteiger partial charge in [-0.25, -0.2) is 14.6 Å². The Labute approximate surface area is 188 Å². The van der Waals surface area contributed by atoms with Crippen molar-refractivity contribution in [3.8, 4) is 0 Å². The summed E-state index contributed by atoms with van der Waals surface area (Å²) in [7, 11) is 5.23. The third-order valence-electron chi connectivity index (χ3n) is 3.85. The van der Waals surface area contributed by atoms with Gasteiger partial charge in [-0.15, -0.1) is 0 Å². The molecule has 3 N–H and O–H groups in total. The second-order valence-corrected chi connectivity index (χ2v) is 7.33. The number of anilines is 1. The van der Waals surface area contributed by atoms with Crippen molar-refractivity contribution in [3.63, 3.8) is 0 Å². The summed E-state index contributed by atoms with van der Waals surface area (Å²) in [6.07, 6.45) is -0.565. The molecule has 13 heteroatoms. The molecule has 0 fully saturated rings. The van der Waals surface area contributed by atoms with Crippen molar-refractivity contribution < 1.29 is 42.6 Å². The number of nitrogens with zero attached hydrogens (tertiary/aromatic N) is 3. The molecule has 0 aliphatic carbocycles.